The smallest absolute Gasteiger partial charge is 0.412 e. The van der Waals surface area contributed by atoms with Gasteiger partial charge in [0.15, 0.2) is 0 Å². The maximum absolute atomic E-state index is 5.33. The molecule has 0 saturated carbocycles. The first-order valence-electron chi connectivity index (χ1n) is 4.19. The standard InChI is InChI=1S/C5H13N2O3Si3/c6-2-4-7-3-1-5-13-9-11-8-12-10-13/h7H,1-6H2. The van der Waals surface area contributed by atoms with Crippen molar-refractivity contribution < 1.29 is 12.3 Å². The van der Waals surface area contributed by atoms with Gasteiger partial charge in [-0.25, -0.2) is 0 Å². The van der Waals surface area contributed by atoms with Crippen molar-refractivity contribution in [1.29, 1.82) is 0 Å². The summed E-state index contributed by atoms with van der Waals surface area (Å²) in [5.41, 5.74) is 5.33. The molecule has 0 unspecified atom stereocenters. The van der Waals surface area contributed by atoms with Crippen LogP contribution in [0.3, 0.4) is 0 Å². The Bertz CT molecular complexity index is 126. The highest BCUT2D eigenvalue weighted by atomic mass is 28.4. The van der Waals surface area contributed by atoms with Crippen LogP contribution in [0, 0.1) is 0 Å². The van der Waals surface area contributed by atoms with Gasteiger partial charge < -0.3 is 23.4 Å². The molecule has 0 atom stereocenters. The minimum atomic E-state index is -1.01. The zero-order valence-electron chi connectivity index (χ0n) is 7.34. The fourth-order valence-electron chi connectivity index (χ4n) is 0.859. The summed E-state index contributed by atoms with van der Waals surface area (Å²) in [6.45, 7) is 2.57. The highest BCUT2D eigenvalue weighted by Gasteiger charge is 2.21. The zero-order valence-corrected chi connectivity index (χ0v) is 10.3. The Labute approximate surface area is 85.3 Å². The molecule has 0 aromatic rings. The molecule has 73 valence electrons. The second-order valence-electron chi connectivity index (χ2n) is 2.49. The van der Waals surface area contributed by atoms with Crippen LogP contribution in [0.25, 0.3) is 0 Å². The van der Waals surface area contributed by atoms with Gasteiger partial charge in [-0.3, -0.25) is 0 Å². The average Bonchev–Trinajstić information content (AvgIpc) is 2.19. The van der Waals surface area contributed by atoms with Gasteiger partial charge in [-0.05, 0) is 19.0 Å². The number of nitrogens with two attached hydrogens (primary N) is 1. The third kappa shape index (κ3) is 5.70. The Morgan fingerprint density at radius 3 is 2.69 bits per heavy atom. The quantitative estimate of drug-likeness (QED) is 0.434. The summed E-state index contributed by atoms with van der Waals surface area (Å²) < 4.78 is 15.6. The van der Waals surface area contributed by atoms with Crippen LogP contribution in [-0.2, 0) is 12.3 Å². The van der Waals surface area contributed by atoms with Crippen LogP contribution >= 0.6 is 0 Å². The summed E-state index contributed by atoms with van der Waals surface area (Å²) in [7, 11) is -0.634. The molecule has 0 aliphatic carbocycles. The van der Waals surface area contributed by atoms with Gasteiger partial charge >= 0.3 is 29.3 Å². The summed E-state index contributed by atoms with van der Waals surface area (Å²) >= 11 is 0. The number of rotatable bonds is 6. The van der Waals surface area contributed by atoms with E-state index in [2.05, 4.69) is 5.32 Å². The van der Waals surface area contributed by atoms with Crippen LogP contribution in [0.4, 0.5) is 0 Å². The van der Waals surface area contributed by atoms with E-state index < -0.39 is 9.28 Å². The van der Waals surface area contributed by atoms with Crippen molar-refractivity contribution in [3.8, 4) is 0 Å². The second kappa shape index (κ2) is 7.82. The van der Waals surface area contributed by atoms with Gasteiger partial charge in [0.25, 0.3) is 0 Å². The Kier molecular flexibility index (Phi) is 6.93. The number of hydrogen-bond donors (Lipinski definition) is 2. The fourth-order valence-corrected chi connectivity index (χ4v) is 4.65. The van der Waals surface area contributed by atoms with Crippen LogP contribution in [0.5, 0.6) is 0 Å². The van der Waals surface area contributed by atoms with Crippen molar-refractivity contribution in [2.45, 2.75) is 12.5 Å². The average molecular weight is 233 g/mol. The van der Waals surface area contributed by atoms with Crippen LogP contribution in [-0.4, -0.2) is 48.9 Å². The van der Waals surface area contributed by atoms with E-state index in [1.165, 1.54) is 0 Å². The molecule has 0 spiro atoms. The van der Waals surface area contributed by atoms with Gasteiger partial charge in [0.05, 0.1) is 0 Å². The topological polar surface area (TPSA) is 65.7 Å². The van der Waals surface area contributed by atoms with Crippen LogP contribution in [0.15, 0.2) is 0 Å². The minimum absolute atomic E-state index is 0.186. The molecule has 1 saturated heterocycles. The molecule has 1 rings (SSSR count). The third-order valence-corrected chi connectivity index (χ3v) is 5.37. The predicted molar refractivity (Wildman–Crippen MR) is 51.9 cm³/mol. The Morgan fingerprint density at radius 2 is 2.00 bits per heavy atom. The molecule has 0 amide bonds. The molecule has 1 heterocycles. The molecule has 1 aliphatic rings. The first-order chi connectivity index (χ1) is 6.43. The summed E-state index contributed by atoms with van der Waals surface area (Å²) in [6, 6.07) is 1.02. The molecule has 0 bridgehead atoms. The number of nitrogens with one attached hydrogen (secondary N) is 1. The van der Waals surface area contributed by atoms with Crippen LogP contribution in [0.2, 0.25) is 6.04 Å². The third-order valence-electron chi connectivity index (χ3n) is 1.45. The van der Waals surface area contributed by atoms with E-state index in [4.69, 9.17) is 18.1 Å². The summed E-state index contributed by atoms with van der Waals surface area (Å²) in [5, 5.41) is 3.23. The van der Waals surface area contributed by atoms with Crippen molar-refractivity contribution in [3.63, 3.8) is 0 Å². The maximum atomic E-state index is 5.33. The van der Waals surface area contributed by atoms with Crippen LogP contribution in [0.1, 0.15) is 6.42 Å². The molecule has 0 aromatic carbocycles. The molecular formula is C5H13N2O3Si3. The lowest BCUT2D eigenvalue weighted by molar-refractivity contribution is 0.321. The van der Waals surface area contributed by atoms with E-state index in [0.29, 0.717) is 6.54 Å². The molecule has 0 aromatic heterocycles. The van der Waals surface area contributed by atoms with Crippen molar-refractivity contribution in [2.24, 2.45) is 5.73 Å². The molecule has 8 heteroatoms. The van der Waals surface area contributed by atoms with E-state index in [1.807, 2.05) is 0 Å². The van der Waals surface area contributed by atoms with Crippen molar-refractivity contribution in [2.75, 3.05) is 19.6 Å². The Balaban J connectivity index is 1.86. The molecule has 1 aliphatic heterocycles. The molecule has 5 radical (unpaired) electrons. The Morgan fingerprint density at radius 1 is 1.23 bits per heavy atom. The molecule has 3 N–H and O–H groups in total. The first kappa shape index (κ1) is 11.5. The van der Waals surface area contributed by atoms with Gasteiger partial charge in [0.1, 0.15) is 0 Å². The first-order valence-corrected chi connectivity index (χ1v) is 7.35. The van der Waals surface area contributed by atoms with E-state index in [9.17, 15) is 0 Å². The molecular weight excluding hydrogens is 220 g/mol. The van der Waals surface area contributed by atoms with Gasteiger partial charge in [-0.1, -0.05) is 0 Å². The van der Waals surface area contributed by atoms with E-state index in [0.717, 1.165) is 25.6 Å². The lowest BCUT2D eigenvalue weighted by Crippen LogP contribution is -2.35. The Hall–Kier alpha value is 0.451. The van der Waals surface area contributed by atoms with Gasteiger partial charge in [-0.15, -0.1) is 0 Å². The van der Waals surface area contributed by atoms with Crippen molar-refractivity contribution >= 4 is 29.3 Å². The molecule has 5 nitrogen and oxygen atoms in total. The normalized spacial score (nSPS) is 19.2. The van der Waals surface area contributed by atoms with E-state index in [-0.39, 0.29) is 20.0 Å². The molecule has 1 fully saturated rings. The van der Waals surface area contributed by atoms with Gasteiger partial charge in [0.2, 0.25) is 0 Å². The van der Waals surface area contributed by atoms with Crippen molar-refractivity contribution in [3.05, 3.63) is 0 Å². The summed E-state index contributed by atoms with van der Waals surface area (Å²) in [5.74, 6) is 0. The van der Waals surface area contributed by atoms with Crippen molar-refractivity contribution in [1.82, 2.24) is 5.32 Å². The SMILES string of the molecule is NCCNCCC[Si]1O[Si]O[Si]O1. The van der Waals surface area contributed by atoms with E-state index >= 15 is 0 Å². The largest absolute Gasteiger partial charge is 0.413 e. The minimum Gasteiger partial charge on any atom is -0.413 e. The lowest BCUT2D eigenvalue weighted by Gasteiger charge is -2.18. The summed E-state index contributed by atoms with van der Waals surface area (Å²) in [4.78, 5) is 0. The molecule has 13 heavy (non-hydrogen) atoms. The second-order valence-corrected chi connectivity index (χ2v) is 6.51. The van der Waals surface area contributed by atoms with Gasteiger partial charge in [0, 0.05) is 13.1 Å². The highest BCUT2D eigenvalue weighted by Crippen LogP contribution is 2.02. The van der Waals surface area contributed by atoms with Crippen LogP contribution < -0.4 is 11.1 Å². The maximum Gasteiger partial charge on any atom is 0.412 e. The zero-order chi connectivity index (χ0) is 9.36. The predicted octanol–water partition coefficient (Wildman–Crippen LogP) is -1.46. The lowest BCUT2D eigenvalue weighted by atomic mass is 10.5. The monoisotopic (exact) mass is 233 g/mol. The highest BCUT2D eigenvalue weighted by molar-refractivity contribution is 6.61. The summed E-state index contributed by atoms with van der Waals surface area (Å²) in [6.07, 6.45) is 1.09. The van der Waals surface area contributed by atoms with E-state index in [1.54, 1.807) is 0 Å². The fraction of sp³-hybridized carbons (Fsp3) is 1.00. The number of hydrogen-bond acceptors (Lipinski definition) is 5. The van der Waals surface area contributed by atoms with Gasteiger partial charge in [-0.2, -0.15) is 0 Å².